The van der Waals surface area contributed by atoms with Crippen molar-refractivity contribution in [1.29, 1.82) is 0 Å². The maximum absolute atomic E-state index is 13.7. The molecule has 1 aliphatic carbocycles. The number of hydrogen-bond donors (Lipinski definition) is 0. The van der Waals surface area contributed by atoms with Crippen LogP contribution in [-0.4, -0.2) is 48.7 Å². The third-order valence-electron chi connectivity index (χ3n) is 7.35. The SMILES string of the molecule is CCC1CCCC(C2(CC(=O)N3CCCCC3)CC2)N1S(=O)(=O)c1ccc(Cl)cc1. The van der Waals surface area contributed by atoms with Gasteiger partial charge in [-0.3, -0.25) is 4.79 Å². The Morgan fingerprint density at radius 3 is 2.33 bits per heavy atom. The standard InChI is InChI=1S/C23H33ClN2O3S/c1-2-19-7-6-8-21(26(19)30(28,29)20-11-9-18(24)10-12-20)23(13-14-23)17-22(27)25-15-4-3-5-16-25/h9-12,19,21H,2-8,13-17H2,1H3. The molecule has 30 heavy (non-hydrogen) atoms. The first-order valence-corrected chi connectivity index (χ1v) is 13.3. The highest BCUT2D eigenvalue weighted by atomic mass is 35.5. The van der Waals surface area contributed by atoms with Crippen LogP contribution in [0.1, 0.15) is 71.1 Å². The van der Waals surface area contributed by atoms with Gasteiger partial charge in [-0.2, -0.15) is 4.31 Å². The summed E-state index contributed by atoms with van der Waals surface area (Å²) >= 11 is 6.00. The fourth-order valence-corrected chi connectivity index (χ4v) is 7.61. The molecular weight excluding hydrogens is 420 g/mol. The molecule has 0 aromatic heterocycles. The quantitative estimate of drug-likeness (QED) is 0.620. The summed E-state index contributed by atoms with van der Waals surface area (Å²) < 4.78 is 29.2. The fourth-order valence-electron chi connectivity index (χ4n) is 5.45. The molecule has 1 aromatic carbocycles. The highest BCUT2D eigenvalue weighted by Crippen LogP contribution is 2.57. The Bertz CT molecular complexity index is 861. The number of amides is 1. The first-order chi connectivity index (χ1) is 14.4. The van der Waals surface area contributed by atoms with Crippen LogP contribution in [-0.2, 0) is 14.8 Å². The number of rotatable bonds is 6. The van der Waals surface area contributed by atoms with E-state index in [0.717, 1.165) is 64.5 Å². The van der Waals surface area contributed by atoms with Crippen molar-refractivity contribution in [3.8, 4) is 0 Å². The summed E-state index contributed by atoms with van der Waals surface area (Å²) in [6.07, 6.45) is 9.28. The van der Waals surface area contributed by atoms with E-state index >= 15 is 0 Å². The zero-order valence-electron chi connectivity index (χ0n) is 17.9. The van der Waals surface area contributed by atoms with Crippen molar-refractivity contribution < 1.29 is 13.2 Å². The third kappa shape index (κ3) is 4.28. The van der Waals surface area contributed by atoms with Crippen LogP contribution in [0.25, 0.3) is 0 Å². The Kier molecular flexibility index (Phi) is 6.48. The van der Waals surface area contributed by atoms with Crippen LogP contribution in [0.3, 0.4) is 0 Å². The van der Waals surface area contributed by atoms with Crippen LogP contribution >= 0.6 is 11.6 Å². The van der Waals surface area contributed by atoms with E-state index in [4.69, 9.17) is 11.6 Å². The summed E-state index contributed by atoms with van der Waals surface area (Å²) in [5, 5.41) is 0.530. The summed E-state index contributed by atoms with van der Waals surface area (Å²) in [5.74, 6) is 0.217. The van der Waals surface area contributed by atoms with E-state index in [9.17, 15) is 13.2 Å². The van der Waals surface area contributed by atoms with Crippen LogP contribution in [0.5, 0.6) is 0 Å². The molecule has 1 amide bonds. The Balaban J connectivity index is 1.61. The second-order valence-corrected chi connectivity index (χ2v) is 11.6. The van der Waals surface area contributed by atoms with Crippen molar-refractivity contribution in [3.05, 3.63) is 29.3 Å². The summed E-state index contributed by atoms with van der Waals surface area (Å²) in [6.45, 7) is 3.77. The van der Waals surface area contributed by atoms with E-state index in [1.54, 1.807) is 28.6 Å². The van der Waals surface area contributed by atoms with Crippen molar-refractivity contribution in [2.45, 2.75) is 88.1 Å². The lowest BCUT2D eigenvalue weighted by Crippen LogP contribution is -2.54. The molecule has 1 saturated carbocycles. The Morgan fingerprint density at radius 2 is 1.73 bits per heavy atom. The topological polar surface area (TPSA) is 57.7 Å². The highest BCUT2D eigenvalue weighted by Gasteiger charge is 2.57. The Labute approximate surface area is 185 Å². The van der Waals surface area contributed by atoms with Gasteiger partial charge in [0, 0.05) is 36.6 Å². The molecule has 2 saturated heterocycles. The van der Waals surface area contributed by atoms with E-state index < -0.39 is 10.0 Å². The second kappa shape index (κ2) is 8.79. The lowest BCUT2D eigenvalue weighted by atomic mass is 9.83. The summed E-state index contributed by atoms with van der Waals surface area (Å²) in [4.78, 5) is 15.4. The van der Waals surface area contributed by atoms with Crippen molar-refractivity contribution in [1.82, 2.24) is 9.21 Å². The molecule has 0 radical (unpaired) electrons. The molecule has 2 unspecified atom stereocenters. The number of carbonyl (C=O) groups excluding carboxylic acids is 1. The minimum Gasteiger partial charge on any atom is -0.343 e. The van der Waals surface area contributed by atoms with E-state index in [0.29, 0.717) is 16.3 Å². The molecule has 3 fully saturated rings. The maximum atomic E-state index is 13.7. The lowest BCUT2D eigenvalue weighted by Gasteiger charge is -2.45. The minimum atomic E-state index is -3.64. The van der Waals surface area contributed by atoms with Crippen molar-refractivity contribution in [2.24, 2.45) is 5.41 Å². The predicted octanol–water partition coefficient (Wildman–Crippen LogP) is 4.84. The molecule has 4 rings (SSSR count). The molecule has 2 heterocycles. The lowest BCUT2D eigenvalue weighted by molar-refractivity contribution is -0.134. The van der Waals surface area contributed by atoms with E-state index in [2.05, 4.69) is 6.92 Å². The monoisotopic (exact) mass is 452 g/mol. The molecule has 3 aliphatic rings. The molecule has 7 heteroatoms. The smallest absolute Gasteiger partial charge is 0.243 e. The number of likely N-dealkylation sites (tertiary alicyclic amines) is 1. The van der Waals surface area contributed by atoms with Gasteiger partial charge in [-0.15, -0.1) is 0 Å². The summed E-state index contributed by atoms with van der Waals surface area (Å²) in [6, 6.07) is 6.39. The van der Waals surface area contributed by atoms with Crippen molar-refractivity contribution in [3.63, 3.8) is 0 Å². The van der Waals surface area contributed by atoms with Gasteiger partial charge in [-0.25, -0.2) is 8.42 Å². The Morgan fingerprint density at radius 1 is 1.07 bits per heavy atom. The number of benzene rings is 1. The normalized spacial score (nSPS) is 27.1. The van der Waals surface area contributed by atoms with E-state index in [1.165, 1.54) is 6.42 Å². The number of nitrogens with zero attached hydrogens (tertiary/aromatic N) is 2. The molecule has 0 bridgehead atoms. The van der Waals surface area contributed by atoms with Gasteiger partial charge in [-0.1, -0.05) is 24.9 Å². The molecule has 166 valence electrons. The van der Waals surface area contributed by atoms with E-state index in [1.807, 2.05) is 4.90 Å². The molecule has 2 atom stereocenters. The third-order valence-corrected chi connectivity index (χ3v) is 9.58. The number of carbonyl (C=O) groups is 1. The van der Waals surface area contributed by atoms with Gasteiger partial charge in [0.15, 0.2) is 0 Å². The zero-order chi connectivity index (χ0) is 21.4. The fraction of sp³-hybridized carbons (Fsp3) is 0.696. The van der Waals surface area contributed by atoms with Crippen LogP contribution in [0.15, 0.2) is 29.2 Å². The van der Waals surface area contributed by atoms with Gasteiger partial charge in [0.25, 0.3) is 0 Å². The average molecular weight is 453 g/mol. The molecule has 0 N–H and O–H groups in total. The molecule has 1 aromatic rings. The first-order valence-electron chi connectivity index (χ1n) is 11.4. The highest BCUT2D eigenvalue weighted by molar-refractivity contribution is 7.89. The Hall–Kier alpha value is -1.11. The number of piperidine rings is 2. The number of sulfonamides is 1. The summed E-state index contributed by atoms with van der Waals surface area (Å²) in [7, 11) is -3.64. The predicted molar refractivity (Wildman–Crippen MR) is 119 cm³/mol. The van der Waals surface area contributed by atoms with Crippen LogP contribution in [0.2, 0.25) is 5.02 Å². The van der Waals surface area contributed by atoms with E-state index in [-0.39, 0.29) is 23.4 Å². The van der Waals surface area contributed by atoms with Gasteiger partial charge >= 0.3 is 0 Å². The minimum absolute atomic E-state index is 0.00742. The van der Waals surface area contributed by atoms with Crippen LogP contribution in [0.4, 0.5) is 0 Å². The van der Waals surface area contributed by atoms with Gasteiger partial charge in [0.2, 0.25) is 15.9 Å². The molecule has 2 aliphatic heterocycles. The van der Waals surface area contributed by atoms with Gasteiger partial charge in [0.05, 0.1) is 4.90 Å². The number of hydrogen-bond acceptors (Lipinski definition) is 3. The zero-order valence-corrected chi connectivity index (χ0v) is 19.4. The molecule has 0 spiro atoms. The van der Waals surface area contributed by atoms with Gasteiger partial charge in [0.1, 0.15) is 0 Å². The van der Waals surface area contributed by atoms with Crippen LogP contribution in [0, 0.1) is 5.41 Å². The van der Waals surface area contributed by atoms with Crippen molar-refractivity contribution >= 4 is 27.5 Å². The average Bonchev–Trinajstić information content (AvgIpc) is 3.54. The molecular formula is C23H33ClN2O3S. The second-order valence-electron chi connectivity index (χ2n) is 9.28. The molecule has 5 nitrogen and oxygen atoms in total. The largest absolute Gasteiger partial charge is 0.343 e. The van der Waals surface area contributed by atoms with Crippen molar-refractivity contribution in [2.75, 3.05) is 13.1 Å². The maximum Gasteiger partial charge on any atom is 0.243 e. The summed E-state index contributed by atoms with van der Waals surface area (Å²) in [5.41, 5.74) is -0.193. The van der Waals surface area contributed by atoms with Gasteiger partial charge in [-0.05, 0) is 81.0 Å². The number of halogens is 1. The van der Waals surface area contributed by atoms with Gasteiger partial charge < -0.3 is 4.90 Å². The first kappa shape index (κ1) is 22.1. The van der Waals surface area contributed by atoms with Crippen LogP contribution < -0.4 is 0 Å².